The number of ether oxygens (including phenoxy) is 1. The topological polar surface area (TPSA) is 77.0 Å². The number of rotatable bonds is 5. The van der Waals surface area contributed by atoms with Crippen molar-refractivity contribution in [2.75, 3.05) is 11.6 Å². The van der Waals surface area contributed by atoms with E-state index in [1.807, 2.05) is 50.2 Å². The first kappa shape index (κ1) is 21.6. The molecule has 2 aromatic carbocycles. The SMILES string of the molecule is CSc1ccc(-c2ccc3c(n2)Oc2ccccc2[C@@H]3C(C)(C)C(=O)Nc2nncs2)cc1. The second-order valence-corrected chi connectivity index (χ2v) is 10.0. The molecule has 0 saturated carbocycles. The number of thioether (sulfide) groups is 1. The van der Waals surface area contributed by atoms with Gasteiger partial charge in [0.25, 0.3) is 0 Å². The maximum absolute atomic E-state index is 13.4. The van der Waals surface area contributed by atoms with E-state index < -0.39 is 5.41 Å². The highest BCUT2D eigenvalue weighted by Gasteiger charge is 2.44. The van der Waals surface area contributed by atoms with Crippen LogP contribution in [-0.2, 0) is 4.79 Å². The van der Waals surface area contributed by atoms with E-state index in [0.29, 0.717) is 16.8 Å². The van der Waals surface area contributed by atoms with Crippen molar-refractivity contribution < 1.29 is 9.53 Å². The molecule has 1 aliphatic heterocycles. The van der Waals surface area contributed by atoms with Gasteiger partial charge >= 0.3 is 0 Å². The number of hydrogen-bond acceptors (Lipinski definition) is 7. The fourth-order valence-electron chi connectivity index (χ4n) is 4.15. The summed E-state index contributed by atoms with van der Waals surface area (Å²) in [5, 5.41) is 11.2. The molecule has 3 heterocycles. The lowest BCUT2D eigenvalue weighted by Crippen LogP contribution is -2.38. The van der Waals surface area contributed by atoms with Crippen LogP contribution in [0.4, 0.5) is 5.13 Å². The monoisotopic (exact) mass is 474 g/mol. The second-order valence-electron chi connectivity index (χ2n) is 8.31. The predicted octanol–water partition coefficient (Wildman–Crippen LogP) is 6.22. The summed E-state index contributed by atoms with van der Waals surface area (Å²) in [7, 11) is 0. The van der Waals surface area contributed by atoms with Gasteiger partial charge in [-0.3, -0.25) is 4.79 Å². The molecule has 0 bridgehead atoms. The molecule has 0 fully saturated rings. The van der Waals surface area contributed by atoms with Crippen LogP contribution in [0.15, 0.2) is 71.1 Å². The van der Waals surface area contributed by atoms with Crippen LogP contribution < -0.4 is 10.1 Å². The van der Waals surface area contributed by atoms with Gasteiger partial charge in [-0.2, -0.15) is 0 Å². The predicted molar refractivity (Wildman–Crippen MR) is 132 cm³/mol. The fourth-order valence-corrected chi connectivity index (χ4v) is 5.00. The van der Waals surface area contributed by atoms with Gasteiger partial charge in [0.1, 0.15) is 11.3 Å². The van der Waals surface area contributed by atoms with E-state index in [0.717, 1.165) is 22.4 Å². The number of carbonyl (C=O) groups excluding carboxylic acids is 1. The first-order chi connectivity index (χ1) is 16.0. The summed E-state index contributed by atoms with van der Waals surface area (Å²) >= 11 is 3.00. The average Bonchev–Trinajstić information content (AvgIpc) is 3.35. The van der Waals surface area contributed by atoms with Crippen LogP contribution in [0.5, 0.6) is 11.6 Å². The number of amides is 1. The van der Waals surface area contributed by atoms with Crippen LogP contribution in [0.1, 0.15) is 30.9 Å². The highest BCUT2D eigenvalue weighted by molar-refractivity contribution is 7.98. The number of anilines is 1. The molecule has 1 aliphatic rings. The summed E-state index contributed by atoms with van der Waals surface area (Å²) in [6, 6.07) is 20.2. The van der Waals surface area contributed by atoms with E-state index >= 15 is 0 Å². The minimum Gasteiger partial charge on any atom is -0.438 e. The van der Waals surface area contributed by atoms with Crippen molar-refractivity contribution in [3.8, 4) is 22.9 Å². The maximum atomic E-state index is 13.4. The van der Waals surface area contributed by atoms with Crippen molar-refractivity contribution >= 4 is 34.1 Å². The average molecular weight is 475 g/mol. The van der Waals surface area contributed by atoms with E-state index in [1.54, 1.807) is 17.3 Å². The molecule has 1 N–H and O–H groups in total. The number of fused-ring (bicyclic) bond motifs is 2. The molecule has 8 heteroatoms. The van der Waals surface area contributed by atoms with Gasteiger partial charge in [-0.05, 0) is 30.5 Å². The molecule has 33 heavy (non-hydrogen) atoms. The molecule has 0 unspecified atom stereocenters. The first-order valence-corrected chi connectivity index (χ1v) is 12.6. The minimum atomic E-state index is -0.802. The largest absolute Gasteiger partial charge is 0.438 e. The zero-order chi connectivity index (χ0) is 23.0. The third-order valence-electron chi connectivity index (χ3n) is 5.91. The van der Waals surface area contributed by atoms with Crippen molar-refractivity contribution in [2.24, 2.45) is 5.41 Å². The molecule has 1 amide bonds. The Labute approximate surface area is 200 Å². The number of benzene rings is 2. The number of aromatic nitrogens is 3. The number of hydrogen-bond donors (Lipinski definition) is 1. The second kappa shape index (κ2) is 8.61. The van der Waals surface area contributed by atoms with Crippen LogP contribution in [0.2, 0.25) is 0 Å². The maximum Gasteiger partial charge on any atom is 0.232 e. The van der Waals surface area contributed by atoms with Crippen LogP contribution in [0.3, 0.4) is 0 Å². The van der Waals surface area contributed by atoms with Gasteiger partial charge in [-0.1, -0.05) is 61.6 Å². The number of pyridine rings is 1. The van der Waals surface area contributed by atoms with Gasteiger partial charge in [0.05, 0.1) is 11.1 Å². The third kappa shape index (κ3) is 4.00. The van der Waals surface area contributed by atoms with Gasteiger partial charge < -0.3 is 10.1 Å². The number of para-hydroxylation sites is 1. The quantitative estimate of drug-likeness (QED) is 0.346. The van der Waals surface area contributed by atoms with Crippen molar-refractivity contribution in [2.45, 2.75) is 24.7 Å². The fraction of sp³-hybridized carbons (Fsp3) is 0.200. The summed E-state index contributed by atoms with van der Waals surface area (Å²) in [5.41, 5.74) is 4.48. The molecule has 5 rings (SSSR count). The summed E-state index contributed by atoms with van der Waals surface area (Å²) in [6.07, 6.45) is 2.06. The van der Waals surface area contributed by atoms with Gasteiger partial charge in [0.2, 0.25) is 16.9 Å². The van der Waals surface area contributed by atoms with Crippen molar-refractivity contribution in [1.82, 2.24) is 15.2 Å². The minimum absolute atomic E-state index is 0.136. The molecule has 0 radical (unpaired) electrons. The lowest BCUT2D eigenvalue weighted by Gasteiger charge is -2.37. The lowest BCUT2D eigenvalue weighted by atomic mass is 9.69. The Morgan fingerprint density at radius 3 is 2.58 bits per heavy atom. The Morgan fingerprint density at radius 1 is 1.06 bits per heavy atom. The van der Waals surface area contributed by atoms with Gasteiger partial charge in [-0.15, -0.1) is 22.0 Å². The summed E-state index contributed by atoms with van der Waals surface area (Å²) in [4.78, 5) is 19.4. The zero-order valence-corrected chi connectivity index (χ0v) is 20.0. The van der Waals surface area contributed by atoms with Crippen molar-refractivity contribution in [1.29, 1.82) is 0 Å². The molecule has 2 aromatic heterocycles. The Morgan fingerprint density at radius 2 is 1.85 bits per heavy atom. The standard InChI is InChI=1S/C25H22N4O2S2/c1-25(2,23(30)28-24-29-26-14-33-24)21-17-6-4-5-7-20(17)31-22-18(21)12-13-19(27-22)15-8-10-16(32-3)11-9-15/h4-14,21H,1-3H3,(H,28,29,30)/t21-/m0/s1. The number of nitrogens with zero attached hydrogens (tertiary/aromatic N) is 3. The van der Waals surface area contributed by atoms with E-state index in [4.69, 9.17) is 9.72 Å². The van der Waals surface area contributed by atoms with E-state index in [1.165, 1.54) is 16.2 Å². The molecule has 0 spiro atoms. The Kier molecular flexibility index (Phi) is 5.64. The van der Waals surface area contributed by atoms with Gasteiger partial charge in [-0.25, -0.2) is 4.98 Å². The van der Waals surface area contributed by atoms with E-state index in [9.17, 15) is 4.79 Å². The Balaban J connectivity index is 1.57. The molecule has 1 atom stereocenters. The van der Waals surface area contributed by atoms with Crippen molar-refractivity contribution in [3.05, 3.63) is 77.3 Å². The molecular formula is C25H22N4O2S2. The molecule has 0 saturated heterocycles. The van der Waals surface area contributed by atoms with Crippen LogP contribution in [-0.4, -0.2) is 27.3 Å². The number of carbonyl (C=O) groups is 1. The molecule has 6 nitrogen and oxygen atoms in total. The van der Waals surface area contributed by atoms with Gasteiger partial charge in [0, 0.05) is 27.5 Å². The number of nitrogens with one attached hydrogen (secondary N) is 1. The highest BCUT2D eigenvalue weighted by atomic mass is 32.2. The third-order valence-corrected chi connectivity index (χ3v) is 7.26. The van der Waals surface area contributed by atoms with E-state index in [-0.39, 0.29) is 11.8 Å². The summed E-state index contributed by atoms with van der Waals surface area (Å²) in [6.45, 7) is 3.88. The van der Waals surface area contributed by atoms with Gasteiger partial charge in [0.15, 0.2) is 0 Å². The summed E-state index contributed by atoms with van der Waals surface area (Å²) < 4.78 is 6.23. The van der Waals surface area contributed by atoms with Crippen LogP contribution >= 0.6 is 23.1 Å². The Bertz CT molecular complexity index is 1300. The van der Waals surface area contributed by atoms with Crippen LogP contribution in [0.25, 0.3) is 11.3 Å². The van der Waals surface area contributed by atoms with Crippen LogP contribution in [0, 0.1) is 5.41 Å². The molecule has 0 aliphatic carbocycles. The first-order valence-electron chi connectivity index (χ1n) is 10.5. The van der Waals surface area contributed by atoms with Crippen molar-refractivity contribution in [3.63, 3.8) is 0 Å². The smallest absolute Gasteiger partial charge is 0.232 e. The lowest BCUT2D eigenvalue weighted by molar-refractivity contribution is -0.124. The van der Waals surface area contributed by atoms with E-state index in [2.05, 4.69) is 46.0 Å². The molecule has 4 aromatic rings. The summed E-state index contributed by atoms with van der Waals surface area (Å²) in [5.74, 6) is 0.866. The molecular weight excluding hydrogens is 452 g/mol. The zero-order valence-electron chi connectivity index (χ0n) is 18.4. The highest BCUT2D eigenvalue weighted by Crippen LogP contribution is 2.52. The Hall–Kier alpha value is -3.23. The molecule has 166 valence electrons. The normalized spacial score (nSPS) is 14.7.